The minimum atomic E-state index is -4.45. The van der Waals surface area contributed by atoms with E-state index in [0.717, 1.165) is 0 Å². The number of amides is 1. The number of ether oxygens (including phenoxy) is 1. The van der Waals surface area contributed by atoms with Crippen molar-refractivity contribution >= 4 is 5.91 Å². The topological polar surface area (TPSA) is 49.8 Å². The molecule has 0 spiro atoms. The quantitative estimate of drug-likeness (QED) is 0.782. The zero-order valence-electron chi connectivity index (χ0n) is 8.66. The molecule has 1 heterocycles. The van der Waals surface area contributed by atoms with Gasteiger partial charge in [-0.2, -0.15) is 13.2 Å². The normalized spacial score (nSPS) is 21.1. The van der Waals surface area contributed by atoms with Gasteiger partial charge in [0.15, 0.2) is 0 Å². The van der Waals surface area contributed by atoms with Gasteiger partial charge in [-0.25, -0.2) is 0 Å². The van der Waals surface area contributed by atoms with Crippen LogP contribution in [0.15, 0.2) is 0 Å². The van der Waals surface area contributed by atoms with E-state index in [1.807, 2.05) is 0 Å². The maximum Gasteiger partial charge on any atom is 0.406 e. The van der Waals surface area contributed by atoms with Gasteiger partial charge in [-0.05, 0) is 12.8 Å². The molecule has 0 aromatic rings. The van der Waals surface area contributed by atoms with E-state index in [9.17, 15) is 18.0 Å². The summed E-state index contributed by atoms with van der Waals surface area (Å²) in [4.78, 5) is 12.2. The van der Waals surface area contributed by atoms with Crippen LogP contribution in [-0.2, 0) is 9.53 Å². The van der Waals surface area contributed by atoms with E-state index in [0.29, 0.717) is 24.3 Å². The number of aliphatic hydroxyl groups excluding tert-OH is 1. The van der Waals surface area contributed by atoms with Gasteiger partial charge in [0, 0.05) is 13.2 Å². The van der Waals surface area contributed by atoms with Crippen LogP contribution in [-0.4, -0.2) is 54.5 Å². The first kappa shape index (κ1) is 13.2. The second kappa shape index (κ2) is 5.49. The summed E-state index contributed by atoms with van der Waals surface area (Å²) in [5, 5.41) is 8.62. The Morgan fingerprint density at radius 1 is 1.50 bits per heavy atom. The fourth-order valence-corrected chi connectivity index (χ4v) is 1.58. The summed E-state index contributed by atoms with van der Waals surface area (Å²) < 4.78 is 41.5. The zero-order chi connectivity index (χ0) is 12.2. The molecule has 0 unspecified atom stereocenters. The van der Waals surface area contributed by atoms with Gasteiger partial charge in [-0.1, -0.05) is 0 Å². The third-order valence-corrected chi connectivity index (χ3v) is 2.26. The number of halogens is 3. The molecule has 1 atom stereocenters. The molecule has 0 aromatic carbocycles. The number of hydrogen-bond donors (Lipinski definition) is 1. The van der Waals surface area contributed by atoms with Gasteiger partial charge in [0.05, 0.1) is 6.61 Å². The Bertz CT molecular complexity index is 239. The van der Waals surface area contributed by atoms with Crippen molar-refractivity contribution in [3.05, 3.63) is 0 Å². The molecule has 94 valence electrons. The van der Waals surface area contributed by atoms with Crippen molar-refractivity contribution in [3.63, 3.8) is 0 Å². The standard InChI is InChI=1S/C9H14F3NO3/c10-9(11,12)6-13(3-4-14)8(15)7-2-1-5-16-7/h7,14H,1-6H2/t7-/m1/s1. The molecular formula is C9H14F3NO3. The Morgan fingerprint density at radius 3 is 2.62 bits per heavy atom. The summed E-state index contributed by atoms with van der Waals surface area (Å²) in [5.74, 6) is -0.691. The van der Waals surface area contributed by atoms with Crippen LogP contribution in [0.1, 0.15) is 12.8 Å². The van der Waals surface area contributed by atoms with E-state index in [1.54, 1.807) is 0 Å². The van der Waals surface area contributed by atoms with E-state index < -0.39 is 31.3 Å². The van der Waals surface area contributed by atoms with Crippen LogP contribution in [0, 0.1) is 0 Å². The van der Waals surface area contributed by atoms with Crippen molar-refractivity contribution in [2.75, 3.05) is 26.3 Å². The summed E-state index contributed by atoms with van der Waals surface area (Å²) in [5.41, 5.74) is 0. The highest BCUT2D eigenvalue weighted by Crippen LogP contribution is 2.20. The summed E-state index contributed by atoms with van der Waals surface area (Å²) >= 11 is 0. The molecule has 1 rings (SSSR count). The Morgan fingerprint density at radius 2 is 2.19 bits per heavy atom. The lowest BCUT2D eigenvalue weighted by Gasteiger charge is -2.25. The van der Waals surface area contributed by atoms with Crippen LogP contribution in [0.4, 0.5) is 13.2 Å². The lowest BCUT2D eigenvalue weighted by molar-refractivity contribution is -0.167. The molecule has 4 nitrogen and oxygen atoms in total. The molecule has 0 aromatic heterocycles. The summed E-state index contributed by atoms with van der Waals surface area (Å²) in [7, 11) is 0. The summed E-state index contributed by atoms with van der Waals surface area (Å²) in [6.07, 6.45) is -4.12. The number of carbonyl (C=O) groups is 1. The van der Waals surface area contributed by atoms with Crippen LogP contribution in [0.3, 0.4) is 0 Å². The predicted molar refractivity (Wildman–Crippen MR) is 48.7 cm³/mol. The van der Waals surface area contributed by atoms with Crippen molar-refractivity contribution in [1.29, 1.82) is 0 Å². The van der Waals surface area contributed by atoms with Crippen LogP contribution in [0.5, 0.6) is 0 Å². The van der Waals surface area contributed by atoms with Gasteiger partial charge >= 0.3 is 6.18 Å². The Hall–Kier alpha value is -0.820. The highest BCUT2D eigenvalue weighted by molar-refractivity contribution is 5.81. The second-order valence-electron chi connectivity index (χ2n) is 3.60. The van der Waals surface area contributed by atoms with E-state index in [4.69, 9.17) is 9.84 Å². The van der Waals surface area contributed by atoms with Crippen LogP contribution < -0.4 is 0 Å². The number of alkyl halides is 3. The van der Waals surface area contributed by atoms with Gasteiger partial charge in [-0.3, -0.25) is 4.79 Å². The number of rotatable bonds is 4. The first-order valence-corrected chi connectivity index (χ1v) is 5.02. The molecule has 0 bridgehead atoms. The monoisotopic (exact) mass is 241 g/mol. The number of hydrogen-bond acceptors (Lipinski definition) is 3. The molecule has 1 aliphatic heterocycles. The molecule has 1 saturated heterocycles. The fraction of sp³-hybridized carbons (Fsp3) is 0.889. The zero-order valence-corrected chi connectivity index (χ0v) is 8.66. The fourth-order valence-electron chi connectivity index (χ4n) is 1.58. The Labute approximate surface area is 91.0 Å². The van der Waals surface area contributed by atoms with Gasteiger partial charge < -0.3 is 14.7 Å². The van der Waals surface area contributed by atoms with Crippen molar-refractivity contribution in [1.82, 2.24) is 4.90 Å². The maximum absolute atomic E-state index is 12.2. The largest absolute Gasteiger partial charge is 0.406 e. The maximum atomic E-state index is 12.2. The molecule has 1 aliphatic rings. The van der Waals surface area contributed by atoms with Crippen molar-refractivity contribution < 1.29 is 27.8 Å². The molecule has 1 fully saturated rings. The first-order valence-electron chi connectivity index (χ1n) is 5.02. The van der Waals surface area contributed by atoms with Gasteiger partial charge in [0.1, 0.15) is 12.6 Å². The third kappa shape index (κ3) is 3.97. The highest BCUT2D eigenvalue weighted by atomic mass is 19.4. The molecular weight excluding hydrogens is 227 g/mol. The van der Waals surface area contributed by atoms with Crippen LogP contribution in [0.25, 0.3) is 0 Å². The number of nitrogens with zero attached hydrogens (tertiary/aromatic N) is 1. The summed E-state index contributed by atoms with van der Waals surface area (Å²) in [6, 6.07) is 0. The molecule has 1 N–H and O–H groups in total. The van der Waals surface area contributed by atoms with E-state index >= 15 is 0 Å². The van der Waals surface area contributed by atoms with Gasteiger partial charge in [0.2, 0.25) is 0 Å². The summed E-state index contributed by atoms with van der Waals surface area (Å²) in [6.45, 7) is -1.76. The average molecular weight is 241 g/mol. The highest BCUT2D eigenvalue weighted by Gasteiger charge is 2.36. The smallest absolute Gasteiger partial charge is 0.395 e. The second-order valence-corrected chi connectivity index (χ2v) is 3.60. The molecule has 16 heavy (non-hydrogen) atoms. The van der Waals surface area contributed by atoms with E-state index in [1.165, 1.54) is 0 Å². The van der Waals surface area contributed by atoms with Gasteiger partial charge in [0.25, 0.3) is 5.91 Å². The third-order valence-electron chi connectivity index (χ3n) is 2.26. The first-order chi connectivity index (χ1) is 7.44. The van der Waals surface area contributed by atoms with Crippen LogP contribution >= 0.6 is 0 Å². The SMILES string of the molecule is O=C([C@H]1CCCO1)N(CCO)CC(F)(F)F. The average Bonchev–Trinajstić information content (AvgIpc) is 2.66. The number of carbonyl (C=O) groups excluding carboxylic acids is 1. The van der Waals surface area contributed by atoms with Gasteiger partial charge in [-0.15, -0.1) is 0 Å². The predicted octanol–water partition coefficient (Wildman–Crippen LogP) is 0.549. The van der Waals surface area contributed by atoms with Crippen molar-refractivity contribution in [3.8, 4) is 0 Å². The molecule has 0 aliphatic carbocycles. The van der Waals surface area contributed by atoms with Crippen molar-refractivity contribution in [2.45, 2.75) is 25.1 Å². The Balaban J connectivity index is 2.57. The lowest BCUT2D eigenvalue weighted by atomic mass is 10.2. The van der Waals surface area contributed by atoms with Crippen molar-refractivity contribution in [2.24, 2.45) is 0 Å². The van der Waals surface area contributed by atoms with Crippen LogP contribution in [0.2, 0.25) is 0 Å². The minimum Gasteiger partial charge on any atom is -0.395 e. The minimum absolute atomic E-state index is 0.321. The molecule has 0 radical (unpaired) electrons. The lowest BCUT2D eigenvalue weighted by Crippen LogP contribution is -2.45. The van der Waals surface area contributed by atoms with E-state index in [2.05, 4.69) is 0 Å². The number of aliphatic hydroxyl groups is 1. The Kier molecular flexibility index (Phi) is 4.55. The molecule has 7 heteroatoms. The molecule has 0 saturated carbocycles. The molecule has 1 amide bonds. The van der Waals surface area contributed by atoms with E-state index in [-0.39, 0.29) is 6.54 Å².